The molecular weight excluding hydrogens is 280 g/mol. The molecule has 1 aliphatic rings. The summed E-state index contributed by atoms with van der Waals surface area (Å²) in [6.07, 6.45) is -0.377. The first-order chi connectivity index (χ1) is 10.1. The molecule has 2 rings (SSSR count). The smallest absolute Gasteiger partial charge is 0.0827 e. The molecule has 0 aliphatic carbocycles. The number of rotatable bonds is 6. The van der Waals surface area contributed by atoms with Crippen LogP contribution in [0, 0.1) is 5.92 Å². The summed E-state index contributed by atoms with van der Waals surface area (Å²) in [5.74, 6) is 0.256. The summed E-state index contributed by atoms with van der Waals surface area (Å²) in [6.45, 7) is 11.8. The third kappa shape index (κ3) is 5.29. The molecule has 118 valence electrons. The molecular formula is C17H28N2OS. The zero-order valence-electron chi connectivity index (χ0n) is 13.4. The lowest BCUT2D eigenvalue weighted by Gasteiger charge is -2.31. The second kappa shape index (κ2) is 8.18. The Morgan fingerprint density at radius 2 is 1.76 bits per heavy atom. The predicted molar refractivity (Wildman–Crippen MR) is 90.9 cm³/mol. The molecule has 0 aromatic heterocycles. The van der Waals surface area contributed by atoms with Crippen molar-refractivity contribution in [2.45, 2.75) is 37.0 Å². The normalized spacial score (nSPS) is 19.7. The molecule has 0 spiro atoms. The number of piperazine rings is 1. The molecule has 1 saturated heterocycles. The minimum atomic E-state index is -0.377. The lowest BCUT2D eigenvalue weighted by atomic mass is 9.97. The molecule has 0 bridgehead atoms. The molecule has 1 aromatic rings. The van der Waals surface area contributed by atoms with Gasteiger partial charge >= 0.3 is 0 Å². The maximum Gasteiger partial charge on any atom is 0.0827 e. The van der Waals surface area contributed by atoms with Crippen molar-refractivity contribution in [2.75, 3.05) is 32.7 Å². The van der Waals surface area contributed by atoms with Crippen molar-refractivity contribution < 1.29 is 5.11 Å². The second-order valence-electron chi connectivity index (χ2n) is 6.21. The van der Waals surface area contributed by atoms with Crippen LogP contribution in [0.2, 0.25) is 0 Å². The van der Waals surface area contributed by atoms with Gasteiger partial charge in [0.1, 0.15) is 0 Å². The van der Waals surface area contributed by atoms with Crippen molar-refractivity contribution in [3.63, 3.8) is 0 Å². The van der Waals surface area contributed by atoms with Crippen LogP contribution < -0.4 is 5.32 Å². The van der Waals surface area contributed by atoms with Crippen molar-refractivity contribution in [2.24, 2.45) is 5.92 Å². The van der Waals surface area contributed by atoms with Crippen molar-refractivity contribution in [1.29, 1.82) is 0 Å². The number of benzene rings is 1. The summed E-state index contributed by atoms with van der Waals surface area (Å²) in [5.41, 5.74) is 1.03. The predicted octanol–water partition coefficient (Wildman–Crippen LogP) is 2.76. The summed E-state index contributed by atoms with van der Waals surface area (Å²) >= 11 is 1.86. The Kier molecular flexibility index (Phi) is 6.55. The molecule has 0 radical (unpaired) electrons. The molecule has 2 unspecified atom stereocenters. The fourth-order valence-electron chi connectivity index (χ4n) is 2.75. The van der Waals surface area contributed by atoms with Gasteiger partial charge in [0.2, 0.25) is 0 Å². The van der Waals surface area contributed by atoms with Gasteiger partial charge in [-0.3, -0.25) is 0 Å². The molecule has 2 atom stereocenters. The SMILES string of the molecule is CC(C)Sc1ccc(C(O)C(C)CN2CCNCC2)cc1. The van der Waals surface area contributed by atoms with Crippen LogP contribution >= 0.6 is 11.8 Å². The highest BCUT2D eigenvalue weighted by molar-refractivity contribution is 7.99. The summed E-state index contributed by atoms with van der Waals surface area (Å²) < 4.78 is 0. The van der Waals surface area contributed by atoms with E-state index < -0.39 is 0 Å². The van der Waals surface area contributed by atoms with Crippen LogP contribution in [0.25, 0.3) is 0 Å². The number of hydrogen-bond acceptors (Lipinski definition) is 4. The van der Waals surface area contributed by atoms with Gasteiger partial charge in [0.05, 0.1) is 6.10 Å². The quantitative estimate of drug-likeness (QED) is 0.792. The summed E-state index contributed by atoms with van der Waals surface area (Å²) in [7, 11) is 0. The molecule has 1 fully saturated rings. The van der Waals surface area contributed by atoms with E-state index in [1.54, 1.807) is 0 Å². The molecule has 21 heavy (non-hydrogen) atoms. The van der Waals surface area contributed by atoms with Crippen LogP contribution in [0.4, 0.5) is 0 Å². The first-order valence-corrected chi connectivity index (χ1v) is 8.82. The van der Waals surface area contributed by atoms with Gasteiger partial charge < -0.3 is 15.3 Å². The first kappa shape index (κ1) is 16.8. The standard InChI is InChI=1S/C17H28N2OS/c1-13(2)21-16-6-4-15(5-7-16)17(20)14(3)12-19-10-8-18-9-11-19/h4-7,13-14,17-18,20H,8-12H2,1-3H3. The van der Waals surface area contributed by atoms with Crippen LogP contribution in [-0.4, -0.2) is 48.0 Å². The Balaban J connectivity index is 1.90. The average Bonchev–Trinajstić information content (AvgIpc) is 2.47. The Morgan fingerprint density at radius 3 is 2.33 bits per heavy atom. The topological polar surface area (TPSA) is 35.5 Å². The number of nitrogens with one attached hydrogen (secondary N) is 1. The fraction of sp³-hybridized carbons (Fsp3) is 0.647. The van der Waals surface area contributed by atoms with Crippen molar-refractivity contribution in [3.8, 4) is 0 Å². The Bertz CT molecular complexity index is 415. The second-order valence-corrected chi connectivity index (χ2v) is 7.86. The number of aliphatic hydroxyl groups excluding tert-OH is 1. The number of aliphatic hydroxyl groups is 1. The molecule has 0 amide bonds. The first-order valence-electron chi connectivity index (χ1n) is 7.94. The lowest BCUT2D eigenvalue weighted by Crippen LogP contribution is -2.45. The van der Waals surface area contributed by atoms with E-state index in [9.17, 15) is 5.11 Å². The van der Waals surface area contributed by atoms with Crippen LogP contribution in [0.5, 0.6) is 0 Å². The van der Waals surface area contributed by atoms with Gasteiger partial charge in [-0.05, 0) is 23.6 Å². The van der Waals surface area contributed by atoms with E-state index >= 15 is 0 Å². The Labute approximate surface area is 133 Å². The summed E-state index contributed by atoms with van der Waals surface area (Å²) in [6, 6.07) is 8.40. The van der Waals surface area contributed by atoms with Gasteiger partial charge in [-0.15, -0.1) is 11.8 Å². The van der Waals surface area contributed by atoms with E-state index in [1.807, 2.05) is 11.8 Å². The van der Waals surface area contributed by atoms with E-state index in [-0.39, 0.29) is 12.0 Å². The molecule has 1 aromatic carbocycles. The van der Waals surface area contributed by atoms with Gasteiger partial charge in [-0.25, -0.2) is 0 Å². The van der Waals surface area contributed by atoms with Crippen molar-refractivity contribution in [3.05, 3.63) is 29.8 Å². The molecule has 1 heterocycles. The van der Waals surface area contributed by atoms with Crippen molar-refractivity contribution in [1.82, 2.24) is 10.2 Å². The van der Waals surface area contributed by atoms with E-state index in [2.05, 4.69) is 55.3 Å². The molecule has 1 aliphatic heterocycles. The Hall–Kier alpha value is -0.550. The van der Waals surface area contributed by atoms with E-state index in [0.717, 1.165) is 38.3 Å². The highest BCUT2D eigenvalue weighted by Gasteiger charge is 2.20. The monoisotopic (exact) mass is 308 g/mol. The van der Waals surface area contributed by atoms with Crippen LogP contribution in [-0.2, 0) is 0 Å². The minimum Gasteiger partial charge on any atom is -0.388 e. The maximum atomic E-state index is 10.5. The van der Waals surface area contributed by atoms with Gasteiger partial charge in [0.25, 0.3) is 0 Å². The molecule has 3 nitrogen and oxygen atoms in total. The minimum absolute atomic E-state index is 0.256. The van der Waals surface area contributed by atoms with Crippen LogP contribution in [0.3, 0.4) is 0 Å². The highest BCUT2D eigenvalue weighted by atomic mass is 32.2. The van der Waals surface area contributed by atoms with E-state index in [1.165, 1.54) is 4.90 Å². The third-order valence-electron chi connectivity index (χ3n) is 3.89. The van der Waals surface area contributed by atoms with Gasteiger partial charge in [-0.1, -0.05) is 32.9 Å². The van der Waals surface area contributed by atoms with Gasteiger partial charge in [0, 0.05) is 42.9 Å². The zero-order valence-corrected chi connectivity index (χ0v) is 14.2. The molecule has 2 N–H and O–H groups in total. The number of hydrogen-bond donors (Lipinski definition) is 2. The zero-order chi connectivity index (χ0) is 15.2. The molecule has 0 saturated carbocycles. The van der Waals surface area contributed by atoms with Crippen LogP contribution in [0.15, 0.2) is 29.2 Å². The molecule has 4 heteroatoms. The third-order valence-corrected chi connectivity index (χ3v) is 4.90. The van der Waals surface area contributed by atoms with E-state index in [4.69, 9.17) is 0 Å². The summed E-state index contributed by atoms with van der Waals surface area (Å²) in [5, 5.41) is 14.5. The van der Waals surface area contributed by atoms with Crippen molar-refractivity contribution >= 4 is 11.8 Å². The number of nitrogens with zero attached hydrogens (tertiary/aromatic N) is 1. The fourth-order valence-corrected chi connectivity index (χ4v) is 3.58. The van der Waals surface area contributed by atoms with Gasteiger partial charge in [-0.2, -0.15) is 0 Å². The average molecular weight is 308 g/mol. The summed E-state index contributed by atoms with van der Waals surface area (Å²) in [4.78, 5) is 3.71. The highest BCUT2D eigenvalue weighted by Crippen LogP contribution is 2.27. The van der Waals surface area contributed by atoms with E-state index in [0.29, 0.717) is 5.25 Å². The Morgan fingerprint density at radius 1 is 1.14 bits per heavy atom. The number of thioether (sulfide) groups is 1. The lowest BCUT2D eigenvalue weighted by molar-refractivity contribution is 0.0842. The van der Waals surface area contributed by atoms with Gasteiger partial charge in [0.15, 0.2) is 0 Å². The largest absolute Gasteiger partial charge is 0.388 e. The maximum absolute atomic E-state index is 10.5. The van der Waals surface area contributed by atoms with Crippen LogP contribution in [0.1, 0.15) is 32.4 Å².